The maximum absolute atomic E-state index is 10.5. The van der Waals surface area contributed by atoms with E-state index in [1.807, 2.05) is 18.2 Å². The van der Waals surface area contributed by atoms with Gasteiger partial charge in [0.2, 0.25) is 0 Å². The first-order chi connectivity index (χ1) is 8.25. The number of rotatable bonds is 5. The van der Waals surface area contributed by atoms with Crippen LogP contribution in [0.3, 0.4) is 0 Å². The van der Waals surface area contributed by atoms with Crippen LogP contribution in [-0.4, -0.2) is 31.3 Å². The molecule has 0 amide bonds. The Kier molecular flexibility index (Phi) is 3.29. The van der Waals surface area contributed by atoms with E-state index in [2.05, 4.69) is 15.5 Å². The van der Waals surface area contributed by atoms with Crippen LogP contribution in [0.5, 0.6) is 5.75 Å². The van der Waals surface area contributed by atoms with Crippen LogP contribution in [0.2, 0.25) is 0 Å². The standard InChI is InChI=1S/C10H10N4O3/c15-10(16)6-14-9(11-12-13-14)7-17-8-4-2-1-3-5-8/h1-5H,6-7H2,(H,15,16). The molecule has 0 saturated carbocycles. The highest BCUT2D eigenvalue weighted by atomic mass is 16.5. The quantitative estimate of drug-likeness (QED) is 0.802. The van der Waals surface area contributed by atoms with Gasteiger partial charge >= 0.3 is 5.97 Å². The molecule has 0 fully saturated rings. The summed E-state index contributed by atoms with van der Waals surface area (Å²) in [5.74, 6) is 0.0480. The summed E-state index contributed by atoms with van der Waals surface area (Å²) in [5, 5.41) is 19.3. The van der Waals surface area contributed by atoms with Crippen molar-refractivity contribution in [3.05, 3.63) is 36.2 Å². The van der Waals surface area contributed by atoms with E-state index < -0.39 is 5.97 Å². The van der Waals surface area contributed by atoms with E-state index >= 15 is 0 Å². The van der Waals surface area contributed by atoms with Gasteiger partial charge in [0, 0.05) is 0 Å². The summed E-state index contributed by atoms with van der Waals surface area (Å²) in [4.78, 5) is 10.5. The highest BCUT2D eigenvalue weighted by molar-refractivity contribution is 5.66. The van der Waals surface area contributed by atoms with Gasteiger partial charge in [-0.2, -0.15) is 0 Å². The minimum absolute atomic E-state index is 0.129. The zero-order chi connectivity index (χ0) is 12.1. The molecule has 0 radical (unpaired) electrons. The zero-order valence-corrected chi connectivity index (χ0v) is 8.85. The molecule has 0 saturated heterocycles. The summed E-state index contributed by atoms with van der Waals surface area (Å²) in [6.07, 6.45) is 0. The summed E-state index contributed by atoms with van der Waals surface area (Å²) >= 11 is 0. The van der Waals surface area contributed by atoms with Crippen LogP contribution < -0.4 is 4.74 Å². The van der Waals surface area contributed by atoms with Crippen LogP contribution in [0.15, 0.2) is 30.3 Å². The van der Waals surface area contributed by atoms with Gasteiger partial charge in [-0.25, -0.2) is 4.68 Å². The molecule has 2 rings (SSSR count). The van der Waals surface area contributed by atoms with Crippen molar-refractivity contribution >= 4 is 5.97 Å². The van der Waals surface area contributed by atoms with Crippen molar-refractivity contribution in [3.8, 4) is 5.75 Å². The third-order valence-electron chi connectivity index (χ3n) is 2.00. The van der Waals surface area contributed by atoms with Crippen molar-refractivity contribution in [2.45, 2.75) is 13.2 Å². The van der Waals surface area contributed by atoms with Gasteiger partial charge in [0.25, 0.3) is 0 Å². The second kappa shape index (κ2) is 5.06. The number of nitrogens with zero attached hydrogens (tertiary/aromatic N) is 4. The molecule has 7 nitrogen and oxygen atoms in total. The number of hydrogen-bond donors (Lipinski definition) is 1. The van der Waals surface area contributed by atoms with Crippen molar-refractivity contribution in [2.24, 2.45) is 0 Å². The summed E-state index contributed by atoms with van der Waals surface area (Å²) in [7, 11) is 0. The van der Waals surface area contributed by atoms with Crippen molar-refractivity contribution in [3.63, 3.8) is 0 Å². The number of carboxylic acids is 1. The van der Waals surface area contributed by atoms with Crippen LogP contribution in [0, 0.1) is 0 Å². The molecule has 0 atom stereocenters. The Labute approximate surface area is 96.6 Å². The first-order valence-corrected chi connectivity index (χ1v) is 4.90. The van der Waals surface area contributed by atoms with Gasteiger partial charge in [-0.05, 0) is 22.6 Å². The SMILES string of the molecule is O=C(O)Cn1nnnc1COc1ccccc1. The third-order valence-corrected chi connectivity index (χ3v) is 2.00. The molecule has 0 bridgehead atoms. The lowest BCUT2D eigenvalue weighted by Gasteiger charge is -2.04. The normalized spacial score (nSPS) is 10.1. The van der Waals surface area contributed by atoms with Gasteiger partial charge < -0.3 is 9.84 Å². The molecular formula is C10H10N4O3. The maximum atomic E-state index is 10.5. The number of aliphatic carboxylic acids is 1. The number of ether oxygens (including phenoxy) is 1. The smallest absolute Gasteiger partial charge is 0.325 e. The summed E-state index contributed by atoms with van der Waals surface area (Å²) in [6, 6.07) is 9.16. The van der Waals surface area contributed by atoms with Gasteiger partial charge in [0.05, 0.1) is 0 Å². The van der Waals surface area contributed by atoms with Crippen molar-refractivity contribution < 1.29 is 14.6 Å². The predicted molar refractivity (Wildman–Crippen MR) is 56.2 cm³/mol. The van der Waals surface area contributed by atoms with Crippen LogP contribution in [0.1, 0.15) is 5.82 Å². The third kappa shape index (κ3) is 3.00. The number of carbonyl (C=O) groups is 1. The fraction of sp³-hybridized carbons (Fsp3) is 0.200. The van der Waals surface area contributed by atoms with Crippen LogP contribution in [-0.2, 0) is 17.9 Å². The van der Waals surface area contributed by atoms with E-state index in [0.29, 0.717) is 11.6 Å². The number of benzene rings is 1. The first-order valence-electron chi connectivity index (χ1n) is 4.90. The molecule has 1 aromatic carbocycles. The van der Waals surface area contributed by atoms with Crippen molar-refractivity contribution in [2.75, 3.05) is 0 Å². The lowest BCUT2D eigenvalue weighted by atomic mass is 10.3. The molecule has 1 N–H and O–H groups in total. The average molecular weight is 234 g/mol. The summed E-state index contributed by atoms with van der Waals surface area (Å²) in [5.41, 5.74) is 0. The van der Waals surface area contributed by atoms with E-state index in [1.54, 1.807) is 12.1 Å². The molecule has 17 heavy (non-hydrogen) atoms. The fourth-order valence-corrected chi connectivity index (χ4v) is 1.24. The van der Waals surface area contributed by atoms with Gasteiger partial charge in [-0.15, -0.1) is 5.10 Å². The molecule has 0 aliphatic heterocycles. The van der Waals surface area contributed by atoms with E-state index in [1.165, 1.54) is 4.68 Å². The number of aromatic nitrogens is 4. The molecular weight excluding hydrogens is 224 g/mol. The molecule has 0 spiro atoms. The minimum atomic E-state index is -1.00. The minimum Gasteiger partial charge on any atom is -0.486 e. The van der Waals surface area contributed by atoms with Gasteiger partial charge in [-0.3, -0.25) is 4.79 Å². The summed E-state index contributed by atoms with van der Waals surface area (Å²) < 4.78 is 6.60. The van der Waals surface area contributed by atoms with E-state index in [9.17, 15) is 4.79 Å². The van der Waals surface area contributed by atoms with Gasteiger partial charge in [-0.1, -0.05) is 18.2 Å². The summed E-state index contributed by atoms with van der Waals surface area (Å²) in [6.45, 7) is -0.148. The Morgan fingerprint density at radius 2 is 2.12 bits per heavy atom. The molecule has 2 aromatic rings. The molecule has 1 heterocycles. The van der Waals surface area contributed by atoms with Crippen molar-refractivity contribution in [1.82, 2.24) is 20.2 Å². The molecule has 0 aliphatic carbocycles. The lowest BCUT2D eigenvalue weighted by molar-refractivity contribution is -0.138. The maximum Gasteiger partial charge on any atom is 0.325 e. The highest BCUT2D eigenvalue weighted by Crippen LogP contribution is 2.10. The Bertz CT molecular complexity index is 497. The Morgan fingerprint density at radius 3 is 2.82 bits per heavy atom. The van der Waals surface area contributed by atoms with Crippen LogP contribution in [0.25, 0.3) is 0 Å². The zero-order valence-electron chi connectivity index (χ0n) is 8.85. The van der Waals surface area contributed by atoms with Gasteiger partial charge in [0.1, 0.15) is 18.9 Å². The monoisotopic (exact) mass is 234 g/mol. The second-order valence-corrected chi connectivity index (χ2v) is 3.25. The highest BCUT2D eigenvalue weighted by Gasteiger charge is 2.09. The number of hydrogen-bond acceptors (Lipinski definition) is 5. The number of tetrazole rings is 1. The van der Waals surface area contributed by atoms with Crippen molar-refractivity contribution in [1.29, 1.82) is 0 Å². The molecule has 0 unspecified atom stereocenters. The Balaban J connectivity index is 2.00. The molecule has 1 aromatic heterocycles. The largest absolute Gasteiger partial charge is 0.486 e. The number of para-hydroxylation sites is 1. The first kappa shape index (κ1) is 11.1. The predicted octanol–water partition coefficient (Wildman–Crippen LogP) is 0.337. The van der Waals surface area contributed by atoms with E-state index in [0.717, 1.165) is 0 Å². The van der Waals surface area contributed by atoms with Gasteiger partial charge in [0.15, 0.2) is 5.82 Å². The number of carboxylic acid groups (broad SMARTS) is 1. The Morgan fingerprint density at radius 1 is 1.35 bits per heavy atom. The second-order valence-electron chi connectivity index (χ2n) is 3.25. The lowest BCUT2D eigenvalue weighted by Crippen LogP contribution is -2.14. The Hall–Kier alpha value is -2.44. The molecule has 88 valence electrons. The molecule has 0 aliphatic rings. The average Bonchev–Trinajstić information content (AvgIpc) is 2.74. The van der Waals surface area contributed by atoms with Crippen LogP contribution >= 0.6 is 0 Å². The van der Waals surface area contributed by atoms with Crippen LogP contribution in [0.4, 0.5) is 0 Å². The van der Waals surface area contributed by atoms with E-state index in [-0.39, 0.29) is 13.2 Å². The molecule has 7 heteroatoms. The van der Waals surface area contributed by atoms with E-state index in [4.69, 9.17) is 9.84 Å². The topological polar surface area (TPSA) is 90.1 Å². The fourth-order valence-electron chi connectivity index (χ4n) is 1.24.